The van der Waals surface area contributed by atoms with E-state index in [1.54, 1.807) is 102 Å². The molecule has 528 valence electrons. The van der Waals surface area contributed by atoms with Crippen LogP contribution in [0.3, 0.4) is 0 Å². The van der Waals surface area contributed by atoms with Gasteiger partial charge in [-0.2, -0.15) is 0 Å². The number of para-hydroxylation sites is 2. The van der Waals surface area contributed by atoms with Crippen molar-refractivity contribution in [2.45, 2.75) is 161 Å². The van der Waals surface area contributed by atoms with Crippen LogP contribution in [0, 0.1) is 23.7 Å². The van der Waals surface area contributed by atoms with E-state index in [0.717, 1.165) is 28.5 Å². The first-order chi connectivity index (χ1) is 45.8. The molecule has 3 heterocycles. The molecule has 1 saturated heterocycles. The van der Waals surface area contributed by atoms with Crippen LogP contribution in [0.1, 0.15) is 105 Å². The fourth-order valence-electron chi connectivity index (χ4n) is 10.5. The van der Waals surface area contributed by atoms with Crippen LogP contribution >= 0.6 is 21.6 Å². The Kier molecular flexibility index (Phi) is 30.4. The summed E-state index contributed by atoms with van der Waals surface area (Å²) < 4.78 is 0. The lowest BCUT2D eigenvalue weighted by atomic mass is 9.86. The second kappa shape index (κ2) is 37.7. The standard InChI is InChI=1S/C64H88N14O17S2/c1-31(2)19-44-51(80)23-40(33(5)6)58(89)76-47(22-37-26-67-42-16-12-10-14-39(37)42)62(93)77-49(56(65)87)29-96-97-30-50(78-63(94)48(24-55(85)86)71-35(8)79)64(95)70-34(7)57(88)75-46(21-36-25-66-41-15-11-9-13-38(36)41)60(91)69-28-53(82)73-45(20-32(3)4)59(90)68-27-52(81)72-43(61(92)74-44)17-18-54(83)84/h9-16,25-26,31-34,40,43-50,66-67H,17-24,27-30H2,1-8H3,(H2,65,87)(H,68,90)(H,69,91)(H,70,95)(H,71,79)(H,72,81)(H,73,82)(H,74,92)(H,75,88)(H,76,89)(H,77,93)(H,78,94)(H,83,84)(H,85,86)/t34-,40-,43-,44-,45-,46-,47-,48-,49-,50-/m0/s1. The van der Waals surface area contributed by atoms with Crippen LogP contribution in [0.15, 0.2) is 60.9 Å². The largest absolute Gasteiger partial charge is 0.481 e. The molecule has 0 bridgehead atoms. The molecule has 0 radical (unpaired) electrons. The first-order valence-electron chi connectivity index (χ1n) is 31.6. The number of ketones is 1. The molecular formula is C64H88N14O17S2. The number of hydrogen-bond donors (Lipinski definition) is 16. The van der Waals surface area contributed by atoms with E-state index in [1.165, 1.54) is 6.92 Å². The average Bonchev–Trinajstić information content (AvgIpc) is 1.74. The Morgan fingerprint density at radius 1 is 0.577 bits per heavy atom. The maximum Gasteiger partial charge on any atom is 0.305 e. The highest BCUT2D eigenvalue weighted by Gasteiger charge is 2.37. The van der Waals surface area contributed by atoms with Gasteiger partial charge in [0.1, 0.15) is 48.3 Å². The van der Waals surface area contributed by atoms with Crippen molar-refractivity contribution in [2.24, 2.45) is 29.4 Å². The molecule has 2 aromatic heterocycles. The minimum atomic E-state index is -1.69. The van der Waals surface area contributed by atoms with Gasteiger partial charge >= 0.3 is 11.9 Å². The van der Waals surface area contributed by atoms with E-state index in [0.29, 0.717) is 32.9 Å². The van der Waals surface area contributed by atoms with Gasteiger partial charge in [0.15, 0.2) is 5.78 Å². The number of aliphatic carboxylic acids is 2. The molecule has 10 atom stereocenters. The van der Waals surface area contributed by atoms with Crippen LogP contribution in [0.25, 0.3) is 21.8 Å². The summed E-state index contributed by atoms with van der Waals surface area (Å²) in [5.41, 5.74) is 8.34. The summed E-state index contributed by atoms with van der Waals surface area (Å²) in [7, 11) is 1.74. The number of fused-ring (bicyclic) bond motifs is 2. The number of carboxylic acid groups (broad SMARTS) is 2. The zero-order chi connectivity index (χ0) is 71.8. The van der Waals surface area contributed by atoms with Gasteiger partial charge in [0.25, 0.3) is 0 Å². The molecular weight excluding hydrogens is 1300 g/mol. The lowest BCUT2D eigenvalue weighted by molar-refractivity contribution is -0.141. The van der Waals surface area contributed by atoms with E-state index in [4.69, 9.17) is 5.73 Å². The summed E-state index contributed by atoms with van der Waals surface area (Å²) in [4.78, 5) is 210. The number of rotatable bonds is 18. The van der Waals surface area contributed by atoms with E-state index in [2.05, 4.69) is 68.5 Å². The maximum atomic E-state index is 14.6. The first kappa shape index (κ1) is 78.2. The number of carbonyl (C=O) groups excluding carboxylic acids is 13. The predicted molar refractivity (Wildman–Crippen MR) is 359 cm³/mol. The van der Waals surface area contributed by atoms with E-state index >= 15 is 0 Å². The molecule has 12 amide bonds. The number of primary amides is 1. The SMILES string of the molecule is CC(=O)N[C@@H](CC(=O)O)C(=O)N[C@H]1CSSC[C@@H](C(N)=O)NC(=O)[C@H](Cc2c[nH]c3ccccc23)NC(=O)[C@H](C(C)C)CC(=O)[C@H](CC(C)C)NC(=O)[C@H](CCC(=O)O)NC(=O)CNC(=O)[C@H](CC(C)C)NC(=O)CNC(=O)[C@H](Cc2c[nH]c3ccccc23)NC(=O)[C@H](C)NC1=O. The highest BCUT2D eigenvalue weighted by molar-refractivity contribution is 8.76. The quantitative estimate of drug-likeness (QED) is 0.0564. The van der Waals surface area contributed by atoms with Crippen LogP contribution in [0.5, 0.6) is 0 Å². The molecule has 0 spiro atoms. The predicted octanol–water partition coefficient (Wildman–Crippen LogP) is -0.387. The highest BCUT2D eigenvalue weighted by atomic mass is 33.1. The fourth-order valence-corrected chi connectivity index (χ4v) is 12.9. The molecule has 1 aliphatic heterocycles. The number of nitrogens with two attached hydrogens (primary N) is 1. The summed E-state index contributed by atoms with van der Waals surface area (Å²) in [5.74, 6) is -17.5. The average molecular weight is 1390 g/mol. The number of carbonyl (C=O) groups is 15. The van der Waals surface area contributed by atoms with Crippen molar-refractivity contribution in [1.29, 1.82) is 0 Å². The molecule has 1 fully saturated rings. The number of benzene rings is 2. The van der Waals surface area contributed by atoms with Gasteiger partial charge in [0.05, 0.1) is 25.6 Å². The van der Waals surface area contributed by atoms with E-state index in [9.17, 15) is 82.1 Å². The van der Waals surface area contributed by atoms with Gasteiger partial charge in [-0.25, -0.2) is 0 Å². The number of carboxylic acids is 2. The van der Waals surface area contributed by atoms with Crippen molar-refractivity contribution in [2.75, 3.05) is 24.6 Å². The number of hydrogen-bond acceptors (Lipinski definition) is 17. The van der Waals surface area contributed by atoms with E-state index in [1.807, 2.05) is 0 Å². The van der Waals surface area contributed by atoms with Gasteiger partial charge < -0.3 is 84.4 Å². The smallest absolute Gasteiger partial charge is 0.305 e. The minimum Gasteiger partial charge on any atom is -0.481 e. The van der Waals surface area contributed by atoms with Gasteiger partial charge in [-0.3, -0.25) is 71.9 Å². The number of amides is 12. The van der Waals surface area contributed by atoms with Crippen molar-refractivity contribution < 1.29 is 82.1 Å². The number of nitrogens with one attached hydrogen (secondary N) is 13. The molecule has 97 heavy (non-hydrogen) atoms. The van der Waals surface area contributed by atoms with Gasteiger partial charge in [-0.05, 0) is 67.2 Å². The van der Waals surface area contributed by atoms with Gasteiger partial charge in [0, 0.05) is 84.2 Å². The van der Waals surface area contributed by atoms with Crippen molar-refractivity contribution in [1.82, 2.24) is 68.5 Å². The molecule has 17 N–H and O–H groups in total. The molecule has 33 heteroatoms. The lowest BCUT2D eigenvalue weighted by Gasteiger charge is -2.28. The fraction of sp³-hybridized carbons (Fsp3) is 0.516. The number of aromatic nitrogens is 2. The second-order valence-electron chi connectivity index (χ2n) is 24.9. The minimum absolute atomic E-state index is 0.0151. The zero-order valence-corrected chi connectivity index (χ0v) is 56.8. The normalized spacial score (nSPS) is 23.0. The first-order valence-corrected chi connectivity index (χ1v) is 34.1. The van der Waals surface area contributed by atoms with Crippen molar-refractivity contribution in [3.05, 3.63) is 72.1 Å². The monoisotopic (exact) mass is 1390 g/mol. The molecule has 1 aliphatic rings. The molecule has 0 aliphatic carbocycles. The Bertz CT molecular complexity index is 3520. The maximum absolute atomic E-state index is 14.6. The molecule has 0 saturated carbocycles. The highest BCUT2D eigenvalue weighted by Crippen LogP contribution is 2.26. The molecule has 0 unspecified atom stereocenters. The van der Waals surface area contributed by atoms with Gasteiger partial charge in [-0.1, -0.05) is 99.5 Å². The van der Waals surface area contributed by atoms with Crippen LogP contribution in [-0.4, -0.2) is 188 Å². The van der Waals surface area contributed by atoms with E-state index < -0.39 is 194 Å². The second-order valence-corrected chi connectivity index (χ2v) is 27.4. The summed E-state index contributed by atoms with van der Waals surface area (Å²) in [5, 5.41) is 48.2. The molecule has 2 aromatic carbocycles. The van der Waals surface area contributed by atoms with Crippen LogP contribution in [0.4, 0.5) is 0 Å². The van der Waals surface area contributed by atoms with Gasteiger partial charge in [0.2, 0.25) is 70.9 Å². The third kappa shape index (κ3) is 25.2. The summed E-state index contributed by atoms with van der Waals surface area (Å²) >= 11 is 0. The molecule has 5 rings (SSSR count). The summed E-state index contributed by atoms with van der Waals surface area (Å²) in [6.45, 7) is 11.1. The van der Waals surface area contributed by atoms with Crippen LogP contribution in [0.2, 0.25) is 0 Å². The lowest BCUT2D eigenvalue weighted by Crippen LogP contribution is -2.58. The van der Waals surface area contributed by atoms with Crippen molar-refractivity contribution in [3.63, 3.8) is 0 Å². The van der Waals surface area contributed by atoms with Crippen LogP contribution in [-0.2, 0) is 84.8 Å². The molecule has 4 aromatic rings. The van der Waals surface area contributed by atoms with Gasteiger partial charge in [-0.15, -0.1) is 0 Å². The number of aromatic amines is 2. The Labute approximate surface area is 567 Å². The third-order valence-electron chi connectivity index (χ3n) is 15.6. The topological polar surface area (TPSA) is 486 Å². The van der Waals surface area contributed by atoms with Crippen LogP contribution < -0.4 is 64.2 Å². The zero-order valence-electron chi connectivity index (χ0n) is 55.2. The Morgan fingerprint density at radius 2 is 1.07 bits per heavy atom. The number of Topliss-reactive ketones (excluding diaryl/α,β-unsaturated/α-hetero) is 1. The van der Waals surface area contributed by atoms with Crippen molar-refractivity contribution in [3.8, 4) is 0 Å². The third-order valence-corrected chi connectivity index (χ3v) is 18.0. The van der Waals surface area contributed by atoms with Crippen molar-refractivity contribution >= 4 is 132 Å². The Hall–Kier alpha value is -9.53. The Morgan fingerprint density at radius 3 is 1.60 bits per heavy atom. The molecule has 31 nitrogen and oxygen atoms in total. The summed E-state index contributed by atoms with van der Waals surface area (Å²) in [6.07, 6.45) is 0.416. The summed E-state index contributed by atoms with van der Waals surface area (Å²) in [6, 6.07) is 0.733. The van der Waals surface area contributed by atoms with E-state index in [-0.39, 0.29) is 49.0 Å². The number of H-pyrrole nitrogens is 2. The Balaban J connectivity index is 1.54.